The predicted molar refractivity (Wildman–Crippen MR) is 71.2 cm³/mol. The molecule has 100 valence electrons. The van der Waals surface area contributed by atoms with Crippen molar-refractivity contribution in [3.05, 3.63) is 0 Å². The van der Waals surface area contributed by atoms with Gasteiger partial charge in [0, 0.05) is 30.7 Å². The molecule has 1 aliphatic heterocycles. The standard InChI is InChI=1S/C14H28N2O/c1-5-17-13-8-12(14(13,3)4)16-9-11-10(2)6-7-15-11/h10-13,15-16H,5-9H2,1-4H3. The lowest BCUT2D eigenvalue weighted by molar-refractivity contribution is -0.114. The van der Waals surface area contributed by atoms with E-state index in [1.807, 2.05) is 0 Å². The molecule has 0 radical (unpaired) electrons. The molecule has 4 atom stereocenters. The summed E-state index contributed by atoms with van der Waals surface area (Å²) in [6, 6.07) is 1.28. The van der Waals surface area contributed by atoms with Gasteiger partial charge >= 0.3 is 0 Å². The van der Waals surface area contributed by atoms with Crippen LogP contribution in [-0.2, 0) is 4.74 Å². The van der Waals surface area contributed by atoms with Crippen LogP contribution in [0.4, 0.5) is 0 Å². The summed E-state index contributed by atoms with van der Waals surface area (Å²) in [7, 11) is 0. The molecule has 0 aromatic rings. The Labute approximate surface area is 106 Å². The van der Waals surface area contributed by atoms with Crippen LogP contribution in [0.25, 0.3) is 0 Å². The molecule has 1 saturated heterocycles. The lowest BCUT2D eigenvalue weighted by Gasteiger charge is -2.52. The lowest BCUT2D eigenvalue weighted by Crippen LogP contribution is -2.62. The van der Waals surface area contributed by atoms with Gasteiger partial charge in [-0.05, 0) is 32.2 Å². The molecule has 0 amide bonds. The fraction of sp³-hybridized carbons (Fsp3) is 1.00. The minimum absolute atomic E-state index is 0.290. The van der Waals surface area contributed by atoms with Crippen LogP contribution < -0.4 is 10.6 Å². The molecule has 0 aromatic heterocycles. The molecular formula is C14H28N2O. The summed E-state index contributed by atoms with van der Waals surface area (Å²) in [5, 5.41) is 7.31. The summed E-state index contributed by atoms with van der Waals surface area (Å²) in [5.74, 6) is 0.813. The van der Waals surface area contributed by atoms with Crippen molar-refractivity contribution in [3.8, 4) is 0 Å². The number of rotatable bonds is 5. The zero-order chi connectivity index (χ0) is 12.5. The van der Waals surface area contributed by atoms with E-state index in [4.69, 9.17) is 4.74 Å². The van der Waals surface area contributed by atoms with E-state index in [1.165, 1.54) is 19.4 Å². The first-order chi connectivity index (χ1) is 8.05. The SMILES string of the molecule is CCOC1CC(NCC2NCCC2C)C1(C)C. The van der Waals surface area contributed by atoms with Crippen molar-refractivity contribution in [1.82, 2.24) is 10.6 Å². The molecule has 1 saturated carbocycles. The molecule has 3 nitrogen and oxygen atoms in total. The van der Waals surface area contributed by atoms with Crippen molar-refractivity contribution in [2.75, 3.05) is 19.7 Å². The van der Waals surface area contributed by atoms with E-state index in [1.54, 1.807) is 0 Å². The van der Waals surface area contributed by atoms with Gasteiger partial charge in [-0.25, -0.2) is 0 Å². The molecule has 3 heteroatoms. The first-order valence-electron chi connectivity index (χ1n) is 7.14. The van der Waals surface area contributed by atoms with Crippen LogP contribution in [0.15, 0.2) is 0 Å². The maximum atomic E-state index is 5.76. The number of nitrogens with one attached hydrogen (secondary N) is 2. The highest BCUT2D eigenvalue weighted by Gasteiger charge is 2.48. The summed E-state index contributed by atoms with van der Waals surface area (Å²) in [5.41, 5.74) is 0.290. The summed E-state index contributed by atoms with van der Waals surface area (Å²) < 4.78 is 5.76. The maximum Gasteiger partial charge on any atom is 0.0655 e. The Bertz CT molecular complexity index is 255. The van der Waals surface area contributed by atoms with E-state index < -0.39 is 0 Å². The van der Waals surface area contributed by atoms with Crippen molar-refractivity contribution < 1.29 is 4.74 Å². The molecule has 17 heavy (non-hydrogen) atoms. The molecule has 2 N–H and O–H groups in total. The monoisotopic (exact) mass is 240 g/mol. The second-order valence-electron chi connectivity index (χ2n) is 6.29. The minimum atomic E-state index is 0.290. The first-order valence-corrected chi connectivity index (χ1v) is 7.14. The Balaban J connectivity index is 1.74. The van der Waals surface area contributed by atoms with Gasteiger partial charge in [0.05, 0.1) is 6.10 Å². The Hall–Kier alpha value is -0.120. The lowest BCUT2D eigenvalue weighted by atomic mass is 9.64. The third-order valence-corrected chi connectivity index (χ3v) is 4.82. The van der Waals surface area contributed by atoms with Crippen LogP contribution in [-0.4, -0.2) is 37.9 Å². The number of hydrogen-bond acceptors (Lipinski definition) is 3. The molecule has 2 aliphatic rings. The second-order valence-corrected chi connectivity index (χ2v) is 6.29. The normalized spacial score (nSPS) is 40.2. The van der Waals surface area contributed by atoms with E-state index in [-0.39, 0.29) is 5.41 Å². The summed E-state index contributed by atoms with van der Waals surface area (Å²) in [6.07, 6.45) is 2.93. The largest absolute Gasteiger partial charge is 0.378 e. The van der Waals surface area contributed by atoms with Gasteiger partial charge in [-0.3, -0.25) is 0 Å². The van der Waals surface area contributed by atoms with Crippen molar-refractivity contribution in [3.63, 3.8) is 0 Å². The van der Waals surface area contributed by atoms with Gasteiger partial charge in [-0.2, -0.15) is 0 Å². The van der Waals surface area contributed by atoms with E-state index >= 15 is 0 Å². The van der Waals surface area contributed by atoms with Gasteiger partial charge in [-0.15, -0.1) is 0 Å². The van der Waals surface area contributed by atoms with Gasteiger partial charge in [0.2, 0.25) is 0 Å². The Morgan fingerprint density at radius 2 is 2.18 bits per heavy atom. The van der Waals surface area contributed by atoms with Crippen LogP contribution in [0.2, 0.25) is 0 Å². The summed E-state index contributed by atoms with van der Waals surface area (Å²) in [6.45, 7) is 12.2. The van der Waals surface area contributed by atoms with Gasteiger partial charge in [0.15, 0.2) is 0 Å². The smallest absolute Gasteiger partial charge is 0.0655 e. The van der Waals surface area contributed by atoms with Crippen LogP contribution in [0, 0.1) is 11.3 Å². The molecule has 1 aliphatic carbocycles. The maximum absolute atomic E-state index is 5.76. The van der Waals surface area contributed by atoms with Gasteiger partial charge in [0.25, 0.3) is 0 Å². The molecule has 0 bridgehead atoms. The minimum Gasteiger partial charge on any atom is -0.378 e. The van der Waals surface area contributed by atoms with Gasteiger partial charge in [0.1, 0.15) is 0 Å². The molecule has 1 heterocycles. The highest BCUT2D eigenvalue weighted by Crippen LogP contribution is 2.42. The average molecular weight is 240 g/mol. The Morgan fingerprint density at radius 3 is 2.71 bits per heavy atom. The van der Waals surface area contributed by atoms with Crippen molar-refractivity contribution >= 4 is 0 Å². The van der Waals surface area contributed by atoms with Gasteiger partial charge < -0.3 is 15.4 Å². The summed E-state index contributed by atoms with van der Waals surface area (Å²) >= 11 is 0. The Morgan fingerprint density at radius 1 is 1.41 bits per heavy atom. The zero-order valence-corrected chi connectivity index (χ0v) is 11.8. The molecule has 0 spiro atoms. The molecule has 2 rings (SSSR count). The van der Waals surface area contributed by atoms with Crippen LogP contribution >= 0.6 is 0 Å². The van der Waals surface area contributed by atoms with E-state index in [0.29, 0.717) is 18.2 Å². The summed E-state index contributed by atoms with van der Waals surface area (Å²) in [4.78, 5) is 0. The van der Waals surface area contributed by atoms with E-state index in [2.05, 4.69) is 38.3 Å². The quantitative estimate of drug-likeness (QED) is 0.768. The fourth-order valence-corrected chi connectivity index (χ4v) is 3.16. The number of ether oxygens (including phenoxy) is 1. The third kappa shape index (κ3) is 2.67. The second kappa shape index (κ2) is 5.25. The van der Waals surface area contributed by atoms with Crippen LogP contribution in [0.5, 0.6) is 0 Å². The fourth-order valence-electron chi connectivity index (χ4n) is 3.16. The van der Waals surface area contributed by atoms with E-state index in [0.717, 1.165) is 19.1 Å². The van der Waals surface area contributed by atoms with Crippen LogP contribution in [0.1, 0.15) is 40.5 Å². The van der Waals surface area contributed by atoms with Crippen molar-refractivity contribution in [1.29, 1.82) is 0 Å². The van der Waals surface area contributed by atoms with Crippen molar-refractivity contribution in [2.24, 2.45) is 11.3 Å². The zero-order valence-electron chi connectivity index (χ0n) is 11.8. The Kier molecular flexibility index (Phi) is 4.11. The highest BCUT2D eigenvalue weighted by molar-refractivity contribution is 5.03. The van der Waals surface area contributed by atoms with Crippen molar-refractivity contribution in [2.45, 2.75) is 58.7 Å². The first kappa shape index (κ1) is 13.3. The molecule has 2 fully saturated rings. The number of hydrogen-bond donors (Lipinski definition) is 2. The molecular weight excluding hydrogens is 212 g/mol. The molecule has 0 aromatic carbocycles. The van der Waals surface area contributed by atoms with Crippen LogP contribution in [0.3, 0.4) is 0 Å². The topological polar surface area (TPSA) is 33.3 Å². The highest BCUT2D eigenvalue weighted by atomic mass is 16.5. The van der Waals surface area contributed by atoms with Gasteiger partial charge in [-0.1, -0.05) is 20.8 Å². The average Bonchev–Trinajstić information content (AvgIpc) is 2.68. The predicted octanol–water partition coefficient (Wildman–Crippen LogP) is 1.78. The van der Waals surface area contributed by atoms with E-state index in [9.17, 15) is 0 Å². The third-order valence-electron chi connectivity index (χ3n) is 4.82. The molecule has 4 unspecified atom stereocenters.